The van der Waals surface area contributed by atoms with E-state index in [1.165, 1.54) is 56.2 Å². The average molecular weight is 327 g/mol. The van der Waals surface area contributed by atoms with Crippen molar-refractivity contribution < 1.29 is 9.13 Å². The minimum Gasteiger partial charge on any atom is -0.489 e. The van der Waals surface area contributed by atoms with Crippen LogP contribution < -0.4 is 10.1 Å². The highest BCUT2D eigenvalue weighted by Gasteiger charge is 2.11. The Kier molecular flexibility index (Phi) is 6.25. The third-order valence-electron chi connectivity index (χ3n) is 4.67. The van der Waals surface area contributed by atoms with Crippen molar-refractivity contribution in [3.8, 4) is 5.75 Å². The molecule has 3 heteroatoms. The fraction of sp³-hybridized carbons (Fsp3) is 0.429. The predicted octanol–water partition coefficient (Wildman–Crippen LogP) is 5.22. The van der Waals surface area contributed by atoms with Crippen molar-refractivity contribution in [1.29, 1.82) is 0 Å². The van der Waals surface area contributed by atoms with Crippen LogP contribution in [-0.4, -0.2) is 6.04 Å². The van der Waals surface area contributed by atoms with Gasteiger partial charge in [0, 0.05) is 12.6 Å². The number of halogens is 1. The van der Waals surface area contributed by atoms with Crippen molar-refractivity contribution in [1.82, 2.24) is 5.32 Å². The lowest BCUT2D eigenvalue weighted by Gasteiger charge is -2.16. The normalized spacial score (nSPS) is 15.9. The summed E-state index contributed by atoms with van der Waals surface area (Å²) in [4.78, 5) is 0. The number of benzene rings is 2. The van der Waals surface area contributed by atoms with Crippen LogP contribution in [0, 0.1) is 5.82 Å². The molecule has 0 radical (unpaired) electrons. The van der Waals surface area contributed by atoms with E-state index < -0.39 is 0 Å². The van der Waals surface area contributed by atoms with Gasteiger partial charge in [-0.15, -0.1) is 0 Å². The van der Waals surface area contributed by atoms with Crippen LogP contribution in [0.15, 0.2) is 48.5 Å². The first-order valence-corrected chi connectivity index (χ1v) is 8.99. The SMILES string of the molecule is Fc1ccc(COc2cccc(CNC3CCCCCC3)c2)cc1. The fourth-order valence-corrected chi connectivity index (χ4v) is 3.24. The molecule has 1 aliphatic rings. The lowest BCUT2D eigenvalue weighted by Crippen LogP contribution is -2.27. The van der Waals surface area contributed by atoms with Crippen molar-refractivity contribution in [3.05, 3.63) is 65.5 Å². The van der Waals surface area contributed by atoms with Gasteiger partial charge < -0.3 is 10.1 Å². The van der Waals surface area contributed by atoms with Crippen LogP contribution in [0.1, 0.15) is 49.7 Å². The molecule has 2 aromatic rings. The lowest BCUT2D eigenvalue weighted by molar-refractivity contribution is 0.305. The Morgan fingerprint density at radius 3 is 2.42 bits per heavy atom. The summed E-state index contributed by atoms with van der Waals surface area (Å²) in [5, 5.41) is 3.69. The maximum absolute atomic E-state index is 12.9. The summed E-state index contributed by atoms with van der Waals surface area (Å²) in [6, 6.07) is 15.3. The van der Waals surface area contributed by atoms with Gasteiger partial charge in [-0.1, -0.05) is 49.9 Å². The molecule has 2 aromatic carbocycles. The first kappa shape index (κ1) is 17.0. The molecule has 1 aliphatic carbocycles. The van der Waals surface area contributed by atoms with Gasteiger partial charge in [0.25, 0.3) is 0 Å². The van der Waals surface area contributed by atoms with Gasteiger partial charge in [0.1, 0.15) is 18.2 Å². The molecule has 1 N–H and O–H groups in total. The molecular formula is C21H26FNO. The van der Waals surface area contributed by atoms with Gasteiger partial charge in [0.05, 0.1) is 0 Å². The second-order valence-corrected chi connectivity index (χ2v) is 6.63. The Balaban J connectivity index is 1.50. The summed E-state index contributed by atoms with van der Waals surface area (Å²) < 4.78 is 18.8. The Morgan fingerprint density at radius 2 is 1.67 bits per heavy atom. The molecular weight excluding hydrogens is 301 g/mol. The molecule has 0 atom stereocenters. The summed E-state index contributed by atoms with van der Waals surface area (Å²) >= 11 is 0. The number of ether oxygens (including phenoxy) is 1. The van der Waals surface area contributed by atoms with Crippen molar-refractivity contribution in [3.63, 3.8) is 0 Å². The van der Waals surface area contributed by atoms with Crippen molar-refractivity contribution in [2.45, 2.75) is 57.7 Å². The smallest absolute Gasteiger partial charge is 0.123 e. The maximum Gasteiger partial charge on any atom is 0.123 e. The summed E-state index contributed by atoms with van der Waals surface area (Å²) in [5.41, 5.74) is 2.22. The van der Waals surface area contributed by atoms with E-state index in [1.807, 2.05) is 12.1 Å². The first-order chi connectivity index (χ1) is 11.8. The van der Waals surface area contributed by atoms with Gasteiger partial charge in [-0.25, -0.2) is 4.39 Å². The summed E-state index contributed by atoms with van der Waals surface area (Å²) in [5.74, 6) is 0.643. The zero-order valence-electron chi connectivity index (χ0n) is 14.1. The van der Waals surface area contributed by atoms with E-state index in [0.717, 1.165) is 17.9 Å². The average Bonchev–Trinajstić information content (AvgIpc) is 2.89. The molecule has 2 nitrogen and oxygen atoms in total. The van der Waals surface area contributed by atoms with Crippen LogP contribution in [0.3, 0.4) is 0 Å². The van der Waals surface area contributed by atoms with Crippen molar-refractivity contribution in [2.75, 3.05) is 0 Å². The van der Waals surface area contributed by atoms with Crippen LogP contribution in [0.2, 0.25) is 0 Å². The van der Waals surface area contributed by atoms with Crippen LogP contribution in [0.4, 0.5) is 4.39 Å². The number of hydrogen-bond acceptors (Lipinski definition) is 2. The summed E-state index contributed by atoms with van der Waals surface area (Å²) in [6.45, 7) is 1.35. The highest BCUT2D eigenvalue weighted by molar-refractivity contribution is 5.29. The molecule has 128 valence electrons. The van der Waals surface area contributed by atoms with Gasteiger partial charge in [-0.3, -0.25) is 0 Å². The third kappa shape index (κ3) is 5.34. The van der Waals surface area contributed by atoms with Gasteiger partial charge >= 0.3 is 0 Å². The molecule has 0 spiro atoms. The topological polar surface area (TPSA) is 21.3 Å². The maximum atomic E-state index is 12.9. The Bertz CT molecular complexity index is 618. The van der Waals surface area contributed by atoms with E-state index in [0.29, 0.717) is 12.6 Å². The third-order valence-corrected chi connectivity index (χ3v) is 4.67. The molecule has 3 rings (SSSR count). The zero-order chi connectivity index (χ0) is 16.6. The molecule has 0 aromatic heterocycles. The fourth-order valence-electron chi connectivity index (χ4n) is 3.24. The molecule has 0 heterocycles. The minimum atomic E-state index is -0.217. The molecule has 0 unspecified atom stereocenters. The molecule has 0 amide bonds. The Hall–Kier alpha value is -1.87. The van der Waals surface area contributed by atoms with E-state index in [-0.39, 0.29) is 5.82 Å². The Morgan fingerprint density at radius 1 is 0.917 bits per heavy atom. The monoisotopic (exact) mass is 327 g/mol. The molecule has 1 fully saturated rings. The summed E-state index contributed by atoms with van der Waals surface area (Å²) in [6.07, 6.45) is 8.04. The highest BCUT2D eigenvalue weighted by atomic mass is 19.1. The van der Waals surface area contributed by atoms with Crippen molar-refractivity contribution >= 4 is 0 Å². The predicted molar refractivity (Wildman–Crippen MR) is 95.5 cm³/mol. The molecule has 0 saturated heterocycles. The van der Waals surface area contributed by atoms with Crippen molar-refractivity contribution in [2.24, 2.45) is 0 Å². The van der Waals surface area contributed by atoms with E-state index in [4.69, 9.17) is 4.74 Å². The second-order valence-electron chi connectivity index (χ2n) is 6.63. The van der Waals surface area contributed by atoms with Crippen LogP contribution in [-0.2, 0) is 13.2 Å². The van der Waals surface area contributed by atoms with Crippen LogP contribution in [0.5, 0.6) is 5.75 Å². The molecule has 0 aliphatic heterocycles. The molecule has 1 saturated carbocycles. The number of hydrogen-bond donors (Lipinski definition) is 1. The van der Waals surface area contributed by atoms with Gasteiger partial charge in [0.15, 0.2) is 0 Å². The largest absolute Gasteiger partial charge is 0.489 e. The van der Waals surface area contributed by atoms with Crippen LogP contribution >= 0.6 is 0 Å². The van der Waals surface area contributed by atoms with Gasteiger partial charge in [-0.05, 0) is 48.2 Å². The van der Waals surface area contributed by atoms with Gasteiger partial charge in [-0.2, -0.15) is 0 Å². The summed E-state index contributed by atoms with van der Waals surface area (Å²) in [7, 11) is 0. The van der Waals surface area contributed by atoms with Gasteiger partial charge in [0.2, 0.25) is 0 Å². The highest BCUT2D eigenvalue weighted by Crippen LogP contribution is 2.19. The lowest BCUT2D eigenvalue weighted by atomic mass is 10.1. The van der Waals surface area contributed by atoms with E-state index in [2.05, 4.69) is 17.4 Å². The molecule has 24 heavy (non-hydrogen) atoms. The minimum absolute atomic E-state index is 0.217. The second kappa shape index (κ2) is 8.84. The van der Waals surface area contributed by atoms with Crippen LogP contribution in [0.25, 0.3) is 0 Å². The standard InChI is InChI=1S/C21H26FNO/c22-19-12-10-17(11-13-19)16-24-21-9-5-6-18(14-21)15-23-20-7-3-1-2-4-8-20/h5-6,9-14,20,23H,1-4,7-8,15-16H2. The first-order valence-electron chi connectivity index (χ1n) is 8.99. The number of rotatable bonds is 6. The quantitative estimate of drug-likeness (QED) is 0.735. The van der Waals surface area contributed by atoms with E-state index in [9.17, 15) is 4.39 Å². The Labute approximate surface area is 144 Å². The van der Waals surface area contributed by atoms with E-state index >= 15 is 0 Å². The molecule has 0 bridgehead atoms. The zero-order valence-corrected chi connectivity index (χ0v) is 14.1. The van der Waals surface area contributed by atoms with E-state index in [1.54, 1.807) is 12.1 Å². The number of nitrogens with one attached hydrogen (secondary N) is 1.